The Morgan fingerprint density at radius 3 is 2.41 bits per heavy atom. The van der Waals surface area contributed by atoms with Crippen molar-refractivity contribution in [1.82, 2.24) is 15.5 Å². The number of aromatic nitrogens is 2. The molecule has 0 spiro atoms. The molecule has 0 fully saturated rings. The van der Waals surface area contributed by atoms with Crippen molar-refractivity contribution >= 4 is 18.3 Å². The Morgan fingerprint density at radius 2 is 1.74 bits per heavy atom. The zero-order valence-corrected chi connectivity index (χ0v) is 16.0. The average molecular weight is 387 g/mol. The molecule has 0 saturated heterocycles. The average Bonchev–Trinajstić information content (AvgIpc) is 3.15. The molecule has 7 heteroatoms. The highest BCUT2D eigenvalue weighted by Crippen LogP contribution is 2.16. The third-order valence-corrected chi connectivity index (χ3v) is 4.11. The lowest BCUT2D eigenvalue weighted by atomic mass is 10.1. The molecule has 3 rings (SSSR count). The number of hydrogen-bond donors (Lipinski definition) is 2. The van der Waals surface area contributed by atoms with Crippen LogP contribution in [0, 0.1) is 6.92 Å². The van der Waals surface area contributed by atoms with Crippen LogP contribution >= 0.6 is 12.4 Å². The maximum Gasteiger partial charge on any atom is 0.246 e. The molecule has 0 radical (unpaired) electrons. The van der Waals surface area contributed by atoms with E-state index in [2.05, 4.69) is 15.5 Å². The Bertz CT molecular complexity index is 860. The molecule has 3 aromatic rings. The molecular weight excluding hydrogens is 364 g/mol. The standard InChI is InChI=1S/C20H22N4O2.ClH/c1-14-2-4-15(5-3-14)8-11-18(25)22-13-19-23-20(24-26-19)17-9-6-16(12-21)7-10-17;/h2-7,9-10H,8,11-13,21H2,1H3,(H,22,25);1H. The summed E-state index contributed by atoms with van der Waals surface area (Å²) in [6.45, 7) is 2.76. The smallest absolute Gasteiger partial charge is 0.246 e. The summed E-state index contributed by atoms with van der Waals surface area (Å²) in [5.74, 6) is 0.835. The number of carbonyl (C=O) groups is 1. The van der Waals surface area contributed by atoms with E-state index in [-0.39, 0.29) is 24.9 Å². The number of amides is 1. The van der Waals surface area contributed by atoms with Crippen LogP contribution in [0.4, 0.5) is 0 Å². The van der Waals surface area contributed by atoms with Gasteiger partial charge in [-0.2, -0.15) is 4.98 Å². The molecule has 27 heavy (non-hydrogen) atoms. The quantitative estimate of drug-likeness (QED) is 0.650. The van der Waals surface area contributed by atoms with Crippen LogP contribution in [0.3, 0.4) is 0 Å². The van der Waals surface area contributed by atoms with E-state index in [1.165, 1.54) is 5.56 Å². The van der Waals surface area contributed by atoms with E-state index in [1.54, 1.807) is 0 Å². The number of nitrogens with zero attached hydrogens (tertiary/aromatic N) is 2. The molecule has 0 bridgehead atoms. The van der Waals surface area contributed by atoms with E-state index in [9.17, 15) is 4.79 Å². The van der Waals surface area contributed by atoms with Crippen LogP contribution in [-0.4, -0.2) is 16.0 Å². The molecule has 0 unspecified atom stereocenters. The van der Waals surface area contributed by atoms with Gasteiger partial charge in [-0.05, 0) is 24.5 Å². The fourth-order valence-corrected chi connectivity index (χ4v) is 2.51. The van der Waals surface area contributed by atoms with Gasteiger partial charge in [0.15, 0.2) is 0 Å². The number of hydrogen-bond acceptors (Lipinski definition) is 5. The number of rotatable bonds is 7. The SMILES string of the molecule is Cc1ccc(CCC(=O)NCc2nc(-c3ccc(CN)cc3)no2)cc1.Cl. The fraction of sp³-hybridized carbons (Fsp3) is 0.250. The fourth-order valence-electron chi connectivity index (χ4n) is 2.51. The van der Waals surface area contributed by atoms with E-state index in [0.717, 1.165) is 16.7 Å². The third kappa shape index (κ3) is 5.91. The Balaban J connectivity index is 0.00000261. The van der Waals surface area contributed by atoms with E-state index < -0.39 is 0 Å². The predicted molar refractivity (Wildman–Crippen MR) is 106 cm³/mol. The van der Waals surface area contributed by atoms with Gasteiger partial charge >= 0.3 is 0 Å². The van der Waals surface area contributed by atoms with Gasteiger partial charge in [0.05, 0.1) is 6.54 Å². The molecule has 0 atom stereocenters. The molecule has 0 aliphatic rings. The molecule has 1 heterocycles. The first-order chi connectivity index (χ1) is 12.6. The molecule has 142 valence electrons. The number of nitrogens with two attached hydrogens (primary N) is 1. The Kier molecular flexibility index (Phi) is 7.52. The van der Waals surface area contributed by atoms with Crippen molar-refractivity contribution in [1.29, 1.82) is 0 Å². The van der Waals surface area contributed by atoms with Crippen molar-refractivity contribution in [3.8, 4) is 11.4 Å². The van der Waals surface area contributed by atoms with Gasteiger partial charge in [-0.15, -0.1) is 12.4 Å². The highest BCUT2D eigenvalue weighted by atomic mass is 35.5. The highest BCUT2D eigenvalue weighted by Gasteiger charge is 2.10. The molecule has 1 aromatic heterocycles. The second-order valence-electron chi connectivity index (χ2n) is 6.18. The lowest BCUT2D eigenvalue weighted by molar-refractivity contribution is -0.121. The van der Waals surface area contributed by atoms with Gasteiger partial charge in [-0.25, -0.2) is 0 Å². The summed E-state index contributed by atoms with van der Waals surface area (Å²) >= 11 is 0. The molecule has 0 aliphatic heterocycles. The number of carbonyl (C=O) groups excluding carboxylic acids is 1. The summed E-state index contributed by atoms with van der Waals surface area (Å²) in [7, 11) is 0. The predicted octanol–water partition coefficient (Wildman–Crippen LogP) is 3.17. The van der Waals surface area contributed by atoms with Gasteiger partial charge in [0.1, 0.15) is 0 Å². The van der Waals surface area contributed by atoms with Crippen molar-refractivity contribution in [2.24, 2.45) is 5.73 Å². The topological polar surface area (TPSA) is 94.0 Å². The maximum absolute atomic E-state index is 12.0. The summed E-state index contributed by atoms with van der Waals surface area (Å²) in [6, 6.07) is 15.8. The third-order valence-electron chi connectivity index (χ3n) is 4.11. The molecule has 0 saturated carbocycles. The first-order valence-electron chi connectivity index (χ1n) is 8.58. The molecule has 6 nitrogen and oxygen atoms in total. The molecule has 0 aliphatic carbocycles. The zero-order chi connectivity index (χ0) is 18.4. The minimum atomic E-state index is -0.0439. The van der Waals surface area contributed by atoms with Crippen LogP contribution < -0.4 is 11.1 Å². The molecule has 2 aromatic carbocycles. The van der Waals surface area contributed by atoms with Crippen LogP contribution in [0.15, 0.2) is 53.1 Å². The molecular formula is C20H23ClN4O2. The zero-order valence-electron chi connectivity index (χ0n) is 15.1. The van der Waals surface area contributed by atoms with Gasteiger partial charge in [0.2, 0.25) is 17.6 Å². The van der Waals surface area contributed by atoms with E-state index in [1.807, 2.05) is 55.5 Å². The van der Waals surface area contributed by atoms with Crippen LogP contribution in [0.5, 0.6) is 0 Å². The highest BCUT2D eigenvalue weighted by molar-refractivity contribution is 5.85. The van der Waals surface area contributed by atoms with Gasteiger partial charge < -0.3 is 15.6 Å². The van der Waals surface area contributed by atoms with E-state index in [0.29, 0.717) is 31.1 Å². The maximum atomic E-state index is 12.0. The number of nitrogens with one attached hydrogen (secondary N) is 1. The first-order valence-corrected chi connectivity index (χ1v) is 8.58. The minimum absolute atomic E-state index is 0. The lowest BCUT2D eigenvalue weighted by Gasteiger charge is -2.03. The summed E-state index contributed by atoms with van der Waals surface area (Å²) in [6.07, 6.45) is 1.12. The van der Waals surface area contributed by atoms with Crippen LogP contribution in [0.2, 0.25) is 0 Å². The van der Waals surface area contributed by atoms with Crippen molar-refractivity contribution in [2.45, 2.75) is 32.9 Å². The number of aryl methyl sites for hydroxylation is 2. The summed E-state index contributed by atoms with van der Waals surface area (Å²) in [5, 5.41) is 6.76. The minimum Gasteiger partial charge on any atom is -0.347 e. The number of halogens is 1. The summed E-state index contributed by atoms with van der Waals surface area (Å²) in [5.41, 5.74) is 9.84. The second-order valence-corrected chi connectivity index (χ2v) is 6.18. The Morgan fingerprint density at radius 1 is 1.07 bits per heavy atom. The number of benzene rings is 2. The van der Waals surface area contributed by atoms with Crippen molar-refractivity contribution in [3.05, 3.63) is 71.1 Å². The second kappa shape index (κ2) is 9.85. The van der Waals surface area contributed by atoms with Crippen molar-refractivity contribution in [2.75, 3.05) is 0 Å². The molecule has 3 N–H and O–H groups in total. The van der Waals surface area contributed by atoms with Gasteiger partial charge in [-0.3, -0.25) is 4.79 Å². The Labute approximate surface area is 164 Å². The van der Waals surface area contributed by atoms with Crippen LogP contribution in [0.1, 0.15) is 29.0 Å². The normalized spacial score (nSPS) is 10.3. The van der Waals surface area contributed by atoms with Gasteiger partial charge in [0, 0.05) is 18.5 Å². The Hall–Kier alpha value is -2.70. The van der Waals surface area contributed by atoms with Crippen molar-refractivity contribution < 1.29 is 9.32 Å². The van der Waals surface area contributed by atoms with E-state index >= 15 is 0 Å². The van der Waals surface area contributed by atoms with Crippen molar-refractivity contribution in [3.63, 3.8) is 0 Å². The largest absolute Gasteiger partial charge is 0.347 e. The summed E-state index contributed by atoms with van der Waals surface area (Å²) in [4.78, 5) is 16.3. The van der Waals surface area contributed by atoms with Gasteiger partial charge in [-0.1, -0.05) is 59.3 Å². The first kappa shape index (κ1) is 20.6. The van der Waals surface area contributed by atoms with E-state index in [4.69, 9.17) is 10.3 Å². The van der Waals surface area contributed by atoms with Crippen LogP contribution in [0.25, 0.3) is 11.4 Å². The molecule has 1 amide bonds. The monoisotopic (exact) mass is 386 g/mol. The lowest BCUT2D eigenvalue weighted by Crippen LogP contribution is -2.23. The van der Waals surface area contributed by atoms with Crippen LogP contribution in [-0.2, 0) is 24.3 Å². The van der Waals surface area contributed by atoms with Gasteiger partial charge in [0.25, 0.3) is 0 Å². The summed E-state index contributed by atoms with van der Waals surface area (Å²) < 4.78 is 5.20.